The molecular weight excluding hydrogens is 368 g/mol. The van der Waals surface area contributed by atoms with E-state index in [1.54, 1.807) is 12.1 Å². The van der Waals surface area contributed by atoms with E-state index in [1.807, 2.05) is 73.7 Å². The minimum Gasteiger partial charge on any atom is -0.484 e. The normalized spacial score (nSPS) is 10.1. The fourth-order valence-corrected chi connectivity index (χ4v) is 2.66. The number of nitrogens with one attached hydrogen (secondary N) is 2. The number of hydrogen-bond acceptors (Lipinski definition) is 4. The maximum atomic E-state index is 12.0. The quantitative estimate of drug-likeness (QED) is 0.607. The zero-order chi connectivity index (χ0) is 20.5. The molecule has 2 amide bonds. The van der Waals surface area contributed by atoms with E-state index >= 15 is 0 Å². The van der Waals surface area contributed by atoms with Crippen molar-refractivity contribution in [3.8, 4) is 22.6 Å². The van der Waals surface area contributed by atoms with Crippen molar-refractivity contribution in [2.45, 2.75) is 6.92 Å². The summed E-state index contributed by atoms with van der Waals surface area (Å²) in [6.07, 6.45) is 0. The van der Waals surface area contributed by atoms with Gasteiger partial charge in [0.05, 0.1) is 0 Å². The van der Waals surface area contributed by atoms with Crippen molar-refractivity contribution in [1.82, 2.24) is 10.9 Å². The van der Waals surface area contributed by atoms with Crippen molar-refractivity contribution >= 4 is 11.8 Å². The summed E-state index contributed by atoms with van der Waals surface area (Å²) in [7, 11) is 0. The summed E-state index contributed by atoms with van der Waals surface area (Å²) in [6, 6.07) is 24.6. The van der Waals surface area contributed by atoms with E-state index in [2.05, 4.69) is 10.9 Å². The third-order valence-electron chi connectivity index (χ3n) is 4.03. The highest BCUT2D eigenvalue weighted by Crippen LogP contribution is 2.29. The Morgan fingerprint density at radius 3 is 2.14 bits per heavy atom. The standard InChI is InChI=1S/C23H22N2O4/c1-17-8-7-11-19(14-17)28-15-22(26)24-25-23(27)16-29-21-13-6-5-12-20(21)18-9-3-2-4-10-18/h2-14H,15-16H2,1H3,(H,24,26)(H,25,27). The first kappa shape index (κ1) is 19.9. The monoisotopic (exact) mass is 390 g/mol. The predicted molar refractivity (Wildman–Crippen MR) is 110 cm³/mol. The lowest BCUT2D eigenvalue weighted by Crippen LogP contribution is -2.45. The minimum absolute atomic E-state index is 0.207. The molecule has 0 aliphatic rings. The molecule has 3 aromatic carbocycles. The summed E-state index contributed by atoms with van der Waals surface area (Å²) in [5.74, 6) is 0.233. The number of carbonyl (C=O) groups excluding carboxylic acids is 2. The van der Waals surface area contributed by atoms with E-state index in [9.17, 15) is 9.59 Å². The topological polar surface area (TPSA) is 76.7 Å². The highest BCUT2D eigenvalue weighted by atomic mass is 16.5. The van der Waals surface area contributed by atoms with Crippen LogP contribution in [0.3, 0.4) is 0 Å². The number of amides is 2. The fourth-order valence-electron chi connectivity index (χ4n) is 2.66. The molecule has 6 nitrogen and oxygen atoms in total. The summed E-state index contributed by atoms with van der Waals surface area (Å²) in [4.78, 5) is 23.8. The number of carbonyl (C=O) groups is 2. The molecule has 6 heteroatoms. The summed E-state index contributed by atoms with van der Waals surface area (Å²) in [5.41, 5.74) is 7.53. The first-order valence-electron chi connectivity index (χ1n) is 9.16. The molecule has 148 valence electrons. The summed E-state index contributed by atoms with van der Waals surface area (Å²) in [6.45, 7) is 1.49. The molecule has 0 aliphatic heterocycles. The van der Waals surface area contributed by atoms with Crippen molar-refractivity contribution in [3.05, 3.63) is 84.4 Å². The van der Waals surface area contributed by atoms with Crippen molar-refractivity contribution in [3.63, 3.8) is 0 Å². The number of rotatable bonds is 7. The molecule has 0 spiro atoms. The number of benzene rings is 3. The van der Waals surface area contributed by atoms with Crippen LogP contribution in [0.2, 0.25) is 0 Å². The Kier molecular flexibility index (Phi) is 6.84. The van der Waals surface area contributed by atoms with Gasteiger partial charge in [-0.25, -0.2) is 0 Å². The fraction of sp³-hybridized carbons (Fsp3) is 0.130. The Hall–Kier alpha value is -3.80. The van der Waals surface area contributed by atoms with Crippen LogP contribution in [0.1, 0.15) is 5.56 Å². The maximum Gasteiger partial charge on any atom is 0.276 e. The first-order valence-corrected chi connectivity index (χ1v) is 9.16. The second-order valence-electron chi connectivity index (χ2n) is 6.35. The molecule has 0 radical (unpaired) electrons. The van der Waals surface area contributed by atoms with E-state index in [0.717, 1.165) is 16.7 Å². The summed E-state index contributed by atoms with van der Waals surface area (Å²) >= 11 is 0. The van der Waals surface area contributed by atoms with Gasteiger partial charge >= 0.3 is 0 Å². The Labute approximate surface area is 169 Å². The number of ether oxygens (including phenoxy) is 2. The zero-order valence-corrected chi connectivity index (χ0v) is 16.1. The lowest BCUT2D eigenvalue weighted by atomic mass is 10.1. The molecule has 0 unspecified atom stereocenters. The Balaban J connectivity index is 1.45. The van der Waals surface area contributed by atoms with Crippen molar-refractivity contribution < 1.29 is 19.1 Å². The van der Waals surface area contributed by atoms with Crippen LogP contribution < -0.4 is 20.3 Å². The van der Waals surface area contributed by atoms with Gasteiger partial charge in [0, 0.05) is 5.56 Å². The average molecular weight is 390 g/mol. The molecule has 29 heavy (non-hydrogen) atoms. The molecule has 0 saturated carbocycles. The average Bonchev–Trinajstić information content (AvgIpc) is 2.75. The van der Waals surface area contributed by atoms with E-state index in [1.165, 1.54) is 0 Å². The van der Waals surface area contributed by atoms with Crippen molar-refractivity contribution in [1.29, 1.82) is 0 Å². The van der Waals surface area contributed by atoms with Crippen LogP contribution in [0.5, 0.6) is 11.5 Å². The van der Waals surface area contributed by atoms with Gasteiger partial charge in [0.1, 0.15) is 11.5 Å². The molecule has 0 aromatic heterocycles. The third-order valence-corrected chi connectivity index (χ3v) is 4.03. The minimum atomic E-state index is -0.475. The molecule has 0 aliphatic carbocycles. The van der Waals surface area contributed by atoms with Crippen LogP contribution in [0.15, 0.2) is 78.9 Å². The van der Waals surface area contributed by atoms with Crippen LogP contribution in [0, 0.1) is 6.92 Å². The zero-order valence-electron chi connectivity index (χ0n) is 16.1. The SMILES string of the molecule is Cc1cccc(OCC(=O)NNC(=O)COc2ccccc2-c2ccccc2)c1. The second-order valence-corrected chi connectivity index (χ2v) is 6.35. The van der Waals surface area contributed by atoms with Gasteiger partial charge in [0.2, 0.25) is 0 Å². The number of hydrogen-bond donors (Lipinski definition) is 2. The predicted octanol–water partition coefficient (Wildman–Crippen LogP) is 3.27. The van der Waals surface area contributed by atoms with Gasteiger partial charge in [-0.3, -0.25) is 20.4 Å². The maximum absolute atomic E-state index is 12.0. The van der Waals surface area contributed by atoms with Crippen LogP contribution in [0.25, 0.3) is 11.1 Å². The van der Waals surface area contributed by atoms with Gasteiger partial charge in [-0.2, -0.15) is 0 Å². The third kappa shape index (κ3) is 6.10. The van der Waals surface area contributed by atoms with E-state index in [-0.39, 0.29) is 13.2 Å². The van der Waals surface area contributed by atoms with Crippen molar-refractivity contribution in [2.75, 3.05) is 13.2 Å². The van der Waals surface area contributed by atoms with Gasteiger partial charge in [0.25, 0.3) is 11.8 Å². The van der Waals surface area contributed by atoms with Crippen LogP contribution in [0.4, 0.5) is 0 Å². The summed E-state index contributed by atoms with van der Waals surface area (Å²) < 4.78 is 11.0. The molecule has 3 rings (SSSR count). The van der Waals surface area contributed by atoms with E-state index in [4.69, 9.17) is 9.47 Å². The summed E-state index contributed by atoms with van der Waals surface area (Å²) in [5, 5.41) is 0. The molecular formula is C23H22N2O4. The van der Waals surface area contributed by atoms with E-state index < -0.39 is 11.8 Å². The van der Waals surface area contributed by atoms with Crippen LogP contribution in [-0.4, -0.2) is 25.0 Å². The molecule has 0 bridgehead atoms. The van der Waals surface area contributed by atoms with Gasteiger partial charge in [-0.15, -0.1) is 0 Å². The van der Waals surface area contributed by atoms with Crippen LogP contribution in [-0.2, 0) is 9.59 Å². The van der Waals surface area contributed by atoms with Gasteiger partial charge in [0.15, 0.2) is 13.2 Å². The Bertz CT molecular complexity index is 973. The molecule has 0 saturated heterocycles. The molecule has 0 heterocycles. The smallest absolute Gasteiger partial charge is 0.276 e. The van der Waals surface area contributed by atoms with Gasteiger partial charge < -0.3 is 9.47 Å². The van der Waals surface area contributed by atoms with Gasteiger partial charge in [-0.05, 0) is 36.2 Å². The largest absolute Gasteiger partial charge is 0.484 e. The number of aryl methyl sites for hydroxylation is 1. The highest BCUT2D eigenvalue weighted by Gasteiger charge is 2.09. The molecule has 2 N–H and O–H groups in total. The number of para-hydroxylation sites is 1. The number of hydrazine groups is 1. The van der Waals surface area contributed by atoms with Crippen molar-refractivity contribution in [2.24, 2.45) is 0 Å². The molecule has 0 atom stereocenters. The van der Waals surface area contributed by atoms with Crippen LogP contribution >= 0.6 is 0 Å². The second kappa shape index (κ2) is 9.94. The molecule has 0 fully saturated rings. The molecule has 3 aromatic rings. The Morgan fingerprint density at radius 1 is 0.759 bits per heavy atom. The van der Waals surface area contributed by atoms with E-state index in [0.29, 0.717) is 11.5 Å². The van der Waals surface area contributed by atoms with Gasteiger partial charge in [-0.1, -0.05) is 60.7 Å². The Morgan fingerprint density at radius 2 is 1.41 bits per heavy atom. The first-order chi connectivity index (χ1) is 14.1. The highest BCUT2D eigenvalue weighted by molar-refractivity contribution is 5.83. The lowest BCUT2D eigenvalue weighted by molar-refractivity contribution is -0.131. The lowest BCUT2D eigenvalue weighted by Gasteiger charge is -2.12.